The van der Waals surface area contributed by atoms with Gasteiger partial charge in [-0.3, -0.25) is 9.59 Å². The molecule has 0 aliphatic rings. The van der Waals surface area contributed by atoms with Crippen LogP contribution in [0.1, 0.15) is 52.3 Å². The number of carbonyl (C=O) groups excluding carboxylic acids is 2. The average Bonchev–Trinajstić information content (AvgIpc) is 2.96. The van der Waals surface area contributed by atoms with E-state index in [-0.39, 0.29) is 29.7 Å². The standard InChI is InChI=1S/C21H30N4O2/c1-14(2)11-19(26)22-13-20(27)23-18-12-17(21(4,5)6)24-25(18)16-10-8-7-9-15(16)3/h7-10,12,14H,11,13H2,1-6H3,(H,22,26)(H,23,27). The van der Waals surface area contributed by atoms with Crippen molar-refractivity contribution in [2.24, 2.45) is 5.92 Å². The highest BCUT2D eigenvalue weighted by Crippen LogP contribution is 2.27. The minimum Gasteiger partial charge on any atom is -0.347 e. The highest BCUT2D eigenvalue weighted by molar-refractivity contribution is 5.94. The van der Waals surface area contributed by atoms with Crippen LogP contribution in [0.25, 0.3) is 5.69 Å². The molecule has 0 fully saturated rings. The highest BCUT2D eigenvalue weighted by Gasteiger charge is 2.22. The summed E-state index contributed by atoms with van der Waals surface area (Å²) in [7, 11) is 0. The van der Waals surface area contributed by atoms with Gasteiger partial charge in [0, 0.05) is 17.9 Å². The summed E-state index contributed by atoms with van der Waals surface area (Å²) in [6.45, 7) is 12.1. The normalized spacial score (nSPS) is 11.5. The molecule has 0 aliphatic carbocycles. The lowest BCUT2D eigenvalue weighted by molar-refractivity contribution is -0.124. The molecule has 146 valence electrons. The molecule has 6 nitrogen and oxygen atoms in total. The molecule has 1 heterocycles. The van der Waals surface area contributed by atoms with Crippen LogP contribution in [-0.4, -0.2) is 28.1 Å². The van der Waals surface area contributed by atoms with Crippen LogP contribution in [0.2, 0.25) is 0 Å². The van der Waals surface area contributed by atoms with Crippen LogP contribution < -0.4 is 10.6 Å². The van der Waals surface area contributed by atoms with Crippen molar-refractivity contribution >= 4 is 17.6 Å². The van der Waals surface area contributed by atoms with Crippen LogP contribution in [0, 0.1) is 12.8 Å². The van der Waals surface area contributed by atoms with Gasteiger partial charge in [0.2, 0.25) is 11.8 Å². The molecule has 1 aromatic heterocycles. The Morgan fingerprint density at radius 1 is 1.15 bits per heavy atom. The van der Waals surface area contributed by atoms with Gasteiger partial charge in [0.25, 0.3) is 0 Å². The van der Waals surface area contributed by atoms with E-state index in [0.29, 0.717) is 12.2 Å². The lowest BCUT2D eigenvalue weighted by atomic mass is 9.92. The molecule has 0 bridgehead atoms. The van der Waals surface area contributed by atoms with Gasteiger partial charge in [-0.25, -0.2) is 4.68 Å². The maximum atomic E-state index is 12.4. The van der Waals surface area contributed by atoms with E-state index >= 15 is 0 Å². The van der Waals surface area contributed by atoms with Crippen LogP contribution in [-0.2, 0) is 15.0 Å². The maximum absolute atomic E-state index is 12.4. The number of aromatic nitrogens is 2. The Balaban J connectivity index is 2.22. The molecule has 0 saturated heterocycles. The molecular formula is C21H30N4O2. The molecule has 6 heteroatoms. The van der Waals surface area contributed by atoms with Crippen molar-refractivity contribution in [2.75, 3.05) is 11.9 Å². The molecule has 2 N–H and O–H groups in total. The number of anilines is 1. The minimum atomic E-state index is -0.276. The predicted octanol–water partition coefficient (Wildman–Crippen LogP) is 3.58. The third-order valence-corrected chi connectivity index (χ3v) is 4.13. The molecule has 0 spiro atoms. The Kier molecular flexibility index (Phi) is 6.41. The van der Waals surface area contributed by atoms with Gasteiger partial charge < -0.3 is 10.6 Å². The Labute approximate surface area is 161 Å². The van der Waals surface area contributed by atoms with E-state index in [9.17, 15) is 9.59 Å². The number of hydrogen-bond donors (Lipinski definition) is 2. The van der Waals surface area contributed by atoms with Crippen LogP contribution in [0.15, 0.2) is 30.3 Å². The van der Waals surface area contributed by atoms with Gasteiger partial charge in [-0.05, 0) is 24.5 Å². The Hall–Kier alpha value is -2.63. The van der Waals surface area contributed by atoms with Gasteiger partial charge in [-0.1, -0.05) is 52.8 Å². The summed E-state index contributed by atoms with van der Waals surface area (Å²) in [6.07, 6.45) is 0.405. The van der Waals surface area contributed by atoms with Crippen LogP contribution in [0.5, 0.6) is 0 Å². The van der Waals surface area contributed by atoms with E-state index in [0.717, 1.165) is 16.9 Å². The number of carbonyl (C=O) groups is 2. The summed E-state index contributed by atoms with van der Waals surface area (Å²) >= 11 is 0. The maximum Gasteiger partial charge on any atom is 0.244 e. The van der Waals surface area contributed by atoms with E-state index in [4.69, 9.17) is 5.10 Å². The zero-order chi connectivity index (χ0) is 20.2. The largest absolute Gasteiger partial charge is 0.347 e. The molecule has 2 aromatic rings. The Morgan fingerprint density at radius 2 is 1.81 bits per heavy atom. The van der Waals surface area contributed by atoms with Gasteiger partial charge in [0.05, 0.1) is 17.9 Å². The fourth-order valence-corrected chi connectivity index (χ4v) is 2.63. The van der Waals surface area contributed by atoms with Crippen LogP contribution >= 0.6 is 0 Å². The second kappa shape index (κ2) is 8.37. The summed E-state index contributed by atoms with van der Waals surface area (Å²) in [6, 6.07) is 9.77. The predicted molar refractivity (Wildman–Crippen MR) is 108 cm³/mol. The number of para-hydroxylation sites is 1. The van der Waals surface area contributed by atoms with Crippen molar-refractivity contribution in [2.45, 2.75) is 53.4 Å². The molecule has 2 amide bonds. The first-order valence-electron chi connectivity index (χ1n) is 9.31. The molecule has 0 atom stereocenters. The second-order valence-corrected chi connectivity index (χ2v) is 8.29. The van der Waals surface area contributed by atoms with Gasteiger partial charge in [0.15, 0.2) is 0 Å². The number of nitrogens with one attached hydrogen (secondary N) is 2. The van der Waals surface area contributed by atoms with Crippen molar-refractivity contribution in [3.8, 4) is 5.69 Å². The molecule has 0 aliphatic heterocycles. The summed E-state index contributed by atoms with van der Waals surface area (Å²) in [5, 5.41) is 10.3. The molecule has 27 heavy (non-hydrogen) atoms. The molecule has 0 saturated carbocycles. The number of hydrogen-bond acceptors (Lipinski definition) is 3. The van der Waals surface area contributed by atoms with Crippen molar-refractivity contribution in [3.05, 3.63) is 41.6 Å². The average molecular weight is 370 g/mol. The third kappa shape index (κ3) is 5.67. The number of rotatable bonds is 6. The summed E-state index contributed by atoms with van der Waals surface area (Å²) in [5.74, 6) is 0.451. The van der Waals surface area contributed by atoms with Gasteiger partial charge in [-0.15, -0.1) is 0 Å². The van der Waals surface area contributed by atoms with E-state index < -0.39 is 0 Å². The van der Waals surface area contributed by atoms with E-state index in [1.165, 1.54) is 0 Å². The summed E-state index contributed by atoms with van der Waals surface area (Å²) < 4.78 is 1.75. The first kappa shape index (κ1) is 20.7. The number of amides is 2. The quantitative estimate of drug-likeness (QED) is 0.816. The molecule has 2 rings (SSSR count). The smallest absolute Gasteiger partial charge is 0.244 e. The monoisotopic (exact) mass is 370 g/mol. The fourth-order valence-electron chi connectivity index (χ4n) is 2.63. The fraction of sp³-hybridized carbons (Fsp3) is 0.476. The number of aryl methyl sites for hydroxylation is 1. The van der Waals surface area contributed by atoms with Crippen molar-refractivity contribution in [3.63, 3.8) is 0 Å². The summed E-state index contributed by atoms with van der Waals surface area (Å²) in [5.41, 5.74) is 2.69. The lowest BCUT2D eigenvalue weighted by Gasteiger charge is -2.14. The zero-order valence-electron chi connectivity index (χ0n) is 17.1. The van der Waals surface area contributed by atoms with Crippen molar-refractivity contribution in [1.82, 2.24) is 15.1 Å². The van der Waals surface area contributed by atoms with Gasteiger partial charge in [0.1, 0.15) is 5.82 Å². The SMILES string of the molecule is Cc1ccccc1-n1nc(C(C)(C)C)cc1NC(=O)CNC(=O)CC(C)C. The molecule has 1 aromatic carbocycles. The third-order valence-electron chi connectivity index (χ3n) is 4.13. The van der Waals surface area contributed by atoms with Gasteiger partial charge >= 0.3 is 0 Å². The van der Waals surface area contributed by atoms with E-state index in [1.807, 2.05) is 51.1 Å². The number of benzene rings is 1. The summed E-state index contributed by atoms with van der Waals surface area (Å²) in [4.78, 5) is 24.1. The van der Waals surface area contributed by atoms with E-state index in [1.54, 1.807) is 4.68 Å². The van der Waals surface area contributed by atoms with Gasteiger partial charge in [-0.2, -0.15) is 5.10 Å². The highest BCUT2D eigenvalue weighted by atomic mass is 16.2. The Morgan fingerprint density at radius 3 is 2.41 bits per heavy atom. The topological polar surface area (TPSA) is 76.0 Å². The number of nitrogens with zero attached hydrogens (tertiary/aromatic N) is 2. The Bertz CT molecular complexity index is 816. The molecule has 0 unspecified atom stereocenters. The minimum absolute atomic E-state index is 0.0602. The van der Waals surface area contributed by atoms with Crippen LogP contribution in [0.3, 0.4) is 0 Å². The first-order chi connectivity index (χ1) is 12.6. The molecular weight excluding hydrogens is 340 g/mol. The lowest BCUT2D eigenvalue weighted by Crippen LogP contribution is -2.33. The first-order valence-corrected chi connectivity index (χ1v) is 9.31. The zero-order valence-corrected chi connectivity index (χ0v) is 17.1. The second-order valence-electron chi connectivity index (χ2n) is 8.29. The van der Waals surface area contributed by atoms with Crippen molar-refractivity contribution in [1.29, 1.82) is 0 Å². The molecule has 0 radical (unpaired) electrons. The van der Waals surface area contributed by atoms with Crippen LogP contribution in [0.4, 0.5) is 5.82 Å². The van der Waals surface area contributed by atoms with E-state index in [2.05, 4.69) is 31.4 Å². The van der Waals surface area contributed by atoms with Crippen molar-refractivity contribution < 1.29 is 9.59 Å².